The van der Waals surface area contributed by atoms with Crippen molar-refractivity contribution >= 4 is 33.9 Å². The monoisotopic (exact) mass is 579 g/mol. The number of nitrogens with zero attached hydrogens (tertiary/aromatic N) is 3. The molecule has 2 bridgehead atoms. The predicted octanol–water partition coefficient (Wildman–Crippen LogP) is 5.26. The number of carbonyl (C=O) groups excluding carboxylic acids is 2. The van der Waals surface area contributed by atoms with Crippen LogP contribution in [0.3, 0.4) is 0 Å². The molecule has 1 saturated heterocycles. The molecule has 3 aliphatic carbocycles. The zero-order valence-electron chi connectivity index (χ0n) is 23.1. The van der Waals surface area contributed by atoms with Gasteiger partial charge in [0.05, 0.1) is 30.2 Å². The van der Waals surface area contributed by atoms with Gasteiger partial charge in [0.15, 0.2) is 11.5 Å². The van der Waals surface area contributed by atoms with E-state index in [9.17, 15) is 14.9 Å². The first-order valence-corrected chi connectivity index (χ1v) is 15.4. The van der Waals surface area contributed by atoms with E-state index in [1.807, 2.05) is 48.5 Å². The predicted molar refractivity (Wildman–Crippen MR) is 155 cm³/mol. The first-order valence-electron chi connectivity index (χ1n) is 14.6. The van der Waals surface area contributed by atoms with E-state index in [-0.39, 0.29) is 35.7 Å². The van der Waals surface area contributed by atoms with Gasteiger partial charge in [0.2, 0.25) is 11.8 Å². The topological polar surface area (TPSA) is 101 Å². The van der Waals surface area contributed by atoms with Crippen LogP contribution in [0.5, 0.6) is 11.5 Å². The van der Waals surface area contributed by atoms with E-state index in [1.54, 1.807) is 7.11 Å². The fourth-order valence-electron chi connectivity index (χ4n) is 8.07. The highest BCUT2D eigenvalue weighted by Gasteiger charge is 2.70. The summed E-state index contributed by atoms with van der Waals surface area (Å²) in [7, 11) is 1.61. The highest BCUT2D eigenvalue weighted by molar-refractivity contribution is 7.17. The van der Waals surface area contributed by atoms with E-state index in [0.29, 0.717) is 28.7 Å². The number of carbonyl (C=O) groups is 2. The van der Waals surface area contributed by atoms with E-state index in [0.717, 1.165) is 59.4 Å². The maximum Gasteiger partial charge on any atom is 0.238 e. The molecule has 3 fully saturated rings. The Morgan fingerprint density at radius 3 is 2.60 bits per heavy atom. The van der Waals surface area contributed by atoms with Crippen molar-refractivity contribution < 1.29 is 23.9 Å². The third kappa shape index (κ3) is 3.61. The zero-order chi connectivity index (χ0) is 28.5. The van der Waals surface area contributed by atoms with Gasteiger partial charge in [-0.2, -0.15) is 5.26 Å². The van der Waals surface area contributed by atoms with Crippen LogP contribution in [0.15, 0.2) is 53.7 Å². The molecule has 42 heavy (non-hydrogen) atoms. The molecule has 6 atom stereocenters. The Balaban J connectivity index is 1.07. The van der Waals surface area contributed by atoms with Gasteiger partial charge in [-0.3, -0.25) is 9.59 Å². The van der Waals surface area contributed by atoms with Crippen LogP contribution in [-0.2, 0) is 33.9 Å². The number of benzene rings is 2. The molecule has 2 amide bonds. The molecule has 0 unspecified atom stereocenters. The summed E-state index contributed by atoms with van der Waals surface area (Å²) in [4.78, 5) is 36.4. The lowest BCUT2D eigenvalue weighted by atomic mass is 9.71. The van der Waals surface area contributed by atoms with Crippen LogP contribution < -0.4 is 14.4 Å². The number of oxime groups is 1. The summed E-state index contributed by atoms with van der Waals surface area (Å²) < 4.78 is 11.7. The van der Waals surface area contributed by atoms with Crippen molar-refractivity contribution in [1.29, 1.82) is 5.26 Å². The smallest absolute Gasteiger partial charge is 0.238 e. The summed E-state index contributed by atoms with van der Waals surface area (Å²) in [5.41, 5.74) is 4.27. The minimum absolute atomic E-state index is 0.0483. The molecular formula is C33H29N3O5S. The third-order valence-electron chi connectivity index (χ3n) is 9.85. The minimum Gasteiger partial charge on any atom is -0.493 e. The van der Waals surface area contributed by atoms with Crippen LogP contribution >= 0.6 is 11.3 Å². The van der Waals surface area contributed by atoms with Crippen molar-refractivity contribution in [1.82, 2.24) is 0 Å². The van der Waals surface area contributed by atoms with E-state index in [1.165, 1.54) is 16.2 Å². The van der Waals surface area contributed by atoms with E-state index in [2.05, 4.69) is 11.2 Å². The summed E-state index contributed by atoms with van der Waals surface area (Å²) in [6.45, 7) is 0.422. The lowest BCUT2D eigenvalue weighted by molar-refractivity contribution is -0.125. The summed E-state index contributed by atoms with van der Waals surface area (Å²) in [6.07, 6.45) is 4.36. The van der Waals surface area contributed by atoms with Crippen LogP contribution in [0.4, 0.5) is 5.00 Å². The highest BCUT2D eigenvalue weighted by Crippen LogP contribution is 2.62. The molecule has 1 aromatic heterocycles. The Labute approximate surface area is 247 Å². The van der Waals surface area contributed by atoms with Gasteiger partial charge in [-0.15, -0.1) is 11.3 Å². The molecule has 0 N–H and O–H groups in total. The Bertz CT molecular complexity index is 1690. The SMILES string of the molecule is COc1cc(C2=NO[C@@H]3[C@H]4C[C@H]([C@H]5C(=O)N(c6sc7c(c6C#N)CCCC7)C(=O)[C@@H]45)[C@H]23)ccc1OCc1ccccc1. The second-order valence-corrected chi connectivity index (χ2v) is 12.9. The molecule has 0 radical (unpaired) electrons. The number of nitriles is 1. The van der Waals surface area contributed by atoms with Gasteiger partial charge in [-0.1, -0.05) is 35.5 Å². The van der Waals surface area contributed by atoms with Gasteiger partial charge in [0.25, 0.3) is 0 Å². The molecule has 3 aromatic rings. The van der Waals surface area contributed by atoms with Crippen molar-refractivity contribution in [3.8, 4) is 17.6 Å². The van der Waals surface area contributed by atoms with Gasteiger partial charge in [-0.25, -0.2) is 4.90 Å². The van der Waals surface area contributed by atoms with Gasteiger partial charge in [-0.05, 0) is 67.3 Å². The molecule has 2 aliphatic heterocycles. The quantitative estimate of drug-likeness (QED) is 0.369. The molecule has 9 heteroatoms. The second-order valence-electron chi connectivity index (χ2n) is 11.8. The maximum atomic E-state index is 14.0. The summed E-state index contributed by atoms with van der Waals surface area (Å²) in [6, 6.07) is 18.0. The lowest BCUT2D eigenvalue weighted by Gasteiger charge is -2.29. The Morgan fingerprint density at radius 2 is 1.81 bits per heavy atom. The molecule has 3 heterocycles. The number of ether oxygens (including phenoxy) is 2. The number of methoxy groups -OCH3 is 1. The molecule has 0 spiro atoms. The number of imide groups is 1. The number of aryl methyl sites for hydroxylation is 1. The van der Waals surface area contributed by atoms with Crippen molar-refractivity contribution in [3.63, 3.8) is 0 Å². The molecule has 2 saturated carbocycles. The standard InChI is InChI=1S/C33H29N3O5S/c1-39-24-13-18(11-12-23(24)40-16-17-7-3-2-4-8-17)29-28-20-14-21(30(28)41-35-29)27-26(20)31(37)36(32(27)38)33-22(15-34)19-9-5-6-10-25(19)42-33/h2-4,7-8,11-13,20-21,26-28,30H,5-6,9-10,14,16H2,1H3/t20-,21+,26-,27+,28-,30-/m1/s1. The molecule has 8 rings (SSSR count). The highest BCUT2D eigenvalue weighted by atomic mass is 32.1. The van der Waals surface area contributed by atoms with E-state index < -0.39 is 11.8 Å². The summed E-state index contributed by atoms with van der Waals surface area (Å²) in [5, 5.41) is 15.0. The van der Waals surface area contributed by atoms with Crippen molar-refractivity contribution in [2.24, 2.45) is 34.7 Å². The van der Waals surface area contributed by atoms with Gasteiger partial charge < -0.3 is 14.3 Å². The lowest BCUT2D eigenvalue weighted by Crippen LogP contribution is -2.41. The fraction of sp³-hybridized carbons (Fsp3) is 0.394. The Morgan fingerprint density at radius 1 is 1.02 bits per heavy atom. The normalized spacial score (nSPS) is 28.6. The number of amides is 2. The largest absolute Gasteiger partial charge is 0.493 e. The zero-order valence-corrected chi connectivity index (χ0v) is 23.9. The second kappa shape index (κ2) is 9.70. The molecule has 212 valence electrons. The number of hydrogen-bond acceptors (Lipinski definition) is 8. The van der Waals surface area contributed by atoms with Crippen LogP contribution in [0.2, 0.25) is 0 Å². The average Bonchev–Trinajstić information content (AvgIpc) is 3.82. The number of rotatable bonds is 6. The van der Waals surface area contributed by atoms with Crippen molar-refractivity contribution in [2.75, 3.05) is 12.0 Å². The molecule has 5 aliphatic rings. The molecule has 8 nitrogen and oxygen atoms in total. The Kier molecular flexibility index (Phi) is 5.90. The molecule has 2 aromatic carbocycles. The molecular weight excluding hydrogens is 550 g/mol. The van der Waals surface area contributed by atoms with Crippen LogP contribution in [-0.4, -0.2) is 30.7 Å². The fourth-order valence-corrected chi connectivity index (χ4v) is 9.42. The first kappa shape index (κ1) is 25.5. The minimum atomic E-state index is -0.424. The van der Waals surface area contributed by atoms with Crippen LogP contribution in [0.25, 0.3) is 0 Å². The first-order chi connectivity index (χ1) is 20.6. The van der Waals surface area contributed by atoms with E-state index in [4.69, 9.17) is 14.3 Å². The summed E-state index contributed by atoms with van der Waals surface area (Å²) >= 11 is 1.46. The average molecular weight is 580 g/mol. The van der Waals surface area contributed by atoms with Crippen molar-refractivity contribution in [2.45, 2.75) is 44.8 Å². The van der Waals surface area contributed by atoms with Crippen LogP contribution in [0, 0.1) is 40.9 Å². The number of anilines is 1. The third-order valence-corrected chi connectivity index (χ3v) is 11.1. The Hall–Kier alpha value is -4.16. The number of hydrogen-bond donors (Lipinski definition) is 0. The van der Waals surface area contributed by atoms with Gasteiger partial charge in [0.1, 0.15) is 23.8 Å². The number of fused-ring (bicyclic) bond motifs is 9. The number of thiophene rings is 1. The van der Waals surface area contributed by atoms with Gasteiger partial charge in [0, 0.05) is 22.3 Å². The van der Waals surface area contributed by atoms with E-state index >= 15 is 0 Å². The van der Waals surface area contributed by atoms with Gasteiger partial charge >= 0.3 is 0 Å². The van der Waals surface area contributed by atoms with Crippen LogP contribution in [0.1, 0.15) is 46.4 Å². The summed E-state index contributed by atoms with van der Waals surface area (Å²) in [5.74, 6) is -0.169. The maximum absolute atomic E-state index is 14.0. The van der Waals surface area contributed by atoms with Crippen molar-refractivity contribution in [3.05, 3.63) is 75.7 Å².